The molecule has 0 saturated carbocycles. The number of Topliss-reactive ketones (excluding diaryl/α,β-unsaturated/α-hetero) is 2. The number of aromatic amines is 2. The fourth-order valence-electron chi connectivity index (χ4n) is 4.29. The lowest BCUT2D eigenvalue weighted by molar-refractivity contribution is -0.113. The minimum absolute atomic E-state index is 0.186. The standard InChI is InChI=1S/C24H16Br2N2O2/c1-11-17(13-7-3-5-9-15(13)27-11)19-21(25)24(30)22(26)20(23(19)29)18-12(2)28-16-10-6-4-8-14(16)18/h3-10,27-28H,1-2H3. The second kappa shape index (κ2) is 6.93. The Morgan fingerprint density at radius 2 is 1.03 bits per heavy atom. The average molecular weight is 524 g/mol. The number of aromatic nitrogens is 2. The summed E-state index contributed by atoms with van der Waals surface area (Å²) in [7, 11) is 0. The third-order valence-electron chi connectivity index (χ3n) is 5.58. The van der Waals surface area contributed by atoms with Crippen molar-refractivity contribution in [2.45, 2.75) is 13.8 Å². The zero-order valence-electron chi connectivity index (χ0n) is 16.2. The van der Waals surface area contributed by atoms with Crippen molar-refractivity contribution in [1.29, 1.82) is 0 Å². The van der Waals surface area contributed by atoms with Crippen LogP contribution < -0.4 is 0 Å². The summed E-state index contributed by atoms with van der Waals surface area (Å²) in [4.78, 5) is 33.8. The van der Waals surface area contributed by atoms with Crippen molar-refractivity contribution >= 4 is 76.4 Å². The number of carbonyl (C=O) groups excluding carboxylic acids is 2. The van der Waals surface area contributed by atoms with Gasteiger partial charge < -0.3 is 9.97 Å². The summed E-state index contributed by atoms with van der Waals surface area (Å²) in [6, 6.07) is 15.6. The molecule has 0 saturated heterocycles. The average Bonchev–Trinajstić information content (AvgIpc) is 3.23. The summed E-state index contributed by atoms with van der Waals surface area (Å²) in [5.41, 5.74) is 5.83. The molecule has 6 heteroatoms. The molecule has 4 nitrogen and oxygen atoms in total. The normalized spacial score (nSPS) is 15.2. The Labute approximate surface area is 189 Å². The van der Waals surface area contributed by atoms with Crippen LogP contribution in [-0.4, -0.2) is 21.5 Å². The first-order valence-corrected chi connectivity index (χ1v) is 11.0. The second-order valence-electron chi connectivity index (χ2n) is 7.38. The number of ketones is 2. The van der Waals surface area contributed by atoms with Crippen LogP contribution >= 0.6 is 31.9 Å². The van der Waals surface area contributed by atoms with Crippen molar-refractivity contribution in [3.8, 4) is 0 Å². The molecule has 0 spiro atoms. The molecule has 2 heterocycles. The van der Waals surface area contributed by atoms with Crippen molar-refractivity contribution in [2.75, 3.05) is 0 Å². The fraction of sp³-hybridized carbons (Fsp3) is 0.0833. The van der Waals surface area contributed by atoms with E-state index in [0.29, 0.717) is 11.1 Å². The summed E-state index contributed by atoms with van der Waals surface area (Å²) in [6.45, 7) is 3.84. The maximum absolute atomic E-state index is 13.9. The Bertz CT molecular complexity index is 1360. The van der Waals surface area contributed by atoms with Crippen molar-refractivity contribution in [1.82, 2.24) is 9.97 Å². The third kappa shape index (κ3) is 2.63. The number of allylic oxidation sites excluding steroid dienone is 4. The summed E-state index contributed by atoms with van der Waals surface area (Å²) in [6.07, 6.45) is 0. The molecule has 0 atom stereocenters. The van der Waals surface area contributed by atoms with E-state index in [1.54, 1.807) is 0 Å². The van der Waals surface area contributed by atoms with E-state index >= 15 is 0 Å². The largest absolute Gasteiger partial charge is 0.358 e. The van der Waals surface area contributed by atoms with Gasteiger partial charge in [0.2, 0.25) is 5.78 Å². The van der Waals surface area contributed by atoms with E-state index < -0.39 is 0 Å². The Kier molecular flexibility index (Phi) is 4.45. The van der Waals surface area contributed by atoms with E-state index in [0.717, 1.165) is 44.3 Å². The predicted octanol–water partition coefficient (Wildman–Crippen LogP) is 6.33. The Morgan fingerprint density at radius 3 is 1.47 bits per heavy atom. The molecule has 30 heavy (non-hydrogen) atoms. The molecule has 1 aliphatic rings. The SMILES string of the molecule is Cc1[nH]c2ccccc2c1C1=C(Br)C(=O)C(Br)=C(c2c(C)[nH]c3ccccc23)C1=O. The Hall–Kier alpha value is -2.70. The summed E-state index contributed by atoms with van der Waals surface area (Å²) in [5.74, 6) is -0.428. The second-order valence-corrected chi connectivity index (χ2v) is 8.96. The molecule has 1 aliphatic carbocycles. The van der Waals surface area contributed by atoms with Gasteiger partial charge >= 0.3 is 0 Å². The fourth-order valence-corrected chi connectivity index (χ4v) is 5.71. The van der Waals surface area contributed by atoms with Gasteiger partial charge in [-0.25, -0.2) is 0 Å². The number of hydrogen-bond donors (Lipinski definition) is 2. The number of halogens is 2. The summed E-state index contributed by atoms with van der Waals surface area (Å²) >= 11 is 6.85. The molecule has 0 amide bonds. The molecule has 148 valence electrons. The van der Waals surface area contributed by atoms with Gasteiger partial charge in [0.05, 0.1) is 20.1 Å². The third-order valence-corrected chi connectivity index (χ3v) is 7.09. The molecular weight excluding hydrogens is 508 g/mol. The molecule has 0 aliphatic heterocycles. The Morgan fingerprint density at radius 1 is 0.633 bits per heavy atom. The van der Waals surface area contributed by atoms with E-state index in [1.165, 1.54) is 0 Å². The number of H-pyrrole nitrogens is 2. The number of hydrogen-bond acceptors (Lipinski definition) is 2. The molecule has 5 rings (SSSR count). The highest BCUT2D eigenvalue weighted by Gasteiger charge is 2.37. The monoisotopic (exact) mass is 522 g/mol. The highest BCUT2D eigenvalue weighted by atomic mass is 79.9. The number of aryl methyl sites for hydroxylation is 2. The van der Waals surface area contributed by atoms with Gasteiger partial charge in [-0.1, -0.05) is 36.4 Å². The number of fused-ring (bicyclic) bond motifs is 2. The Balaban J connectivity index is 1.80. The first-order chi connectivity index (χ1) is 14.4. The predicted molar refractivity (Wildman–Crippen MR) is 128 cm³/mol. The summed E-state index contributed by atoms with van der Waals surface area (Å²) in [5, 5.41) is 1.83. The number of nitrogens with one attached hydrogen (secondary N) is 2. The topological polar surface area (TPSA) is 65.7 Å². The van der Waals surface area contributed by atoms with Crippen LogP contribution in [0.5, 0.6) is 0 Å². The lowest BCUT2D eigenvalue weighted by Gasteiger charge is -2.20. The van der Waals surface area contributed by atoms with E-state index in [1.807, 2.05) is 62.4 Å². The molecule has 0 bridgehead atoms. The lowest BCUT2D eigenvalue weighted by atomic mass is 9.85. The van der Waals surface area contributed by atoms with Gasteiger partial charge in [0.15, 0.2) is 5.78 Å². The quantitative estimate of drug-likeness (QED) is 0.301. The number of rotatable bonds is 2. The first-order valence-electron chi connectivity index (χ1n) is 9.44. The zero-order chi connectivity index (χ0) is 21.2. The maximum atomic E-state index is 13.9. The van der Waals surface area contributed by atoms with Crippen LogP contribution in [0, 0.1) is 13.8 Å². The van der Waals surface area contributed by atoms with Crippen LogP contribution in [0.25, 0.3) is 33.0 Å². The van der Waals surface area contributed by atoms with Gasteiger partial charge in [-0.05, 0) is 57.8 Å². The highest BCUT2D eigenvalue weighted by molar-refractivity contribution is 9.13. The molecule has 0 fully saturated rings. The van der Waals surface area contributed by atoms with Gasteiger partial charge in [-0.3, -0.25) is 9.59 Å². The molecule has 2 aromatic carbocycles. The minimum Gasteiger partial charge on any atom is -0.358 e. The molecular formula is C24H16Br2N2O2. The van der Waals surface area contributed by atoms with Crippen LogP contribution in [0.2, 0.25) is 0 Å². The molecule has 4 aromatic rings. The van der Waals surface area contributed by atoms with Crippen molar-refractivity contribution < 1.29 is 9.59 Å². The van der Waals surface area contributed by atoms with Gasteiger partial charge in [-0.15, -0.1) is 0 Å². The van der Waals surface area contributed by atoms with Crippen LogP contribution in [0.4, 0.5) is 0 Å². The smallest absolute Gasteiger partial charge is 0.208 e. The maximum Gasteiger partial charge on any atom is 0.208 e. The lowest BCUT2D eigenvalue weighted by Crippen LogP contribution is -2.19. The highest BCUT2D eigenvalue weighted by Crippen LogP contribution is 2.45. The number of carbonyl (C=O) groups is 2. The van der Waals surface area contributed by atoms with Gasteiger partial charge in [0.1, 0.15) is 0 Å². The van der Waals surface area contributed by atoms with Gasteiger partial charge in [0.25, 0.3) is 0 Å². The zero-order valence-corrected chi connectivity index (χ0v) is 19.4. The number of para-hydroxylation sites is 2. The van der Waals surface area contributed by atoms with Gasteiger partial charge in [0, 0.05) is 44.3 Å². The molecule has 2 N–H and O–H groups in total. The van der Waals surface area contributed by atoms with Crippen LogP contribution in [0.3, 0.4) is 0 Å². The van der Waals surface area contributed by atoms with E-state index in [9.17, 15) is 9.59 Å². The van der Waals surface area contributed by atoms with E-state index in [2.05, 4.69) is 41.8 Å². The first kappa shape index (κ1) is 19.3. The molecule has 2 aromatic heterocycles. The van der Waals surface area contributed by atoms with Crippen LogP contribution in [0.1, 0.15) is 22.5 Å². The minimum atomic E-state index is -0.242. The van der Waals surface area contributed by atoms with E-state index in [-0.39, 0.29) is 20.5 Å². The van der Waals surface area contributed by atoms with Crippen molar-refractivity contribution in [2.24, 2.45) is 0 Å². The number of benzene rings is 2. The van der Waals surface area contributed by atoms with Crippen LogP contribution in [0.15, 0.2) is 57.5 Å². The molecule has 0 unspecified atom stereocenters. The van der Waals surface area contributed by atoms with Crippen LogP contribution in [-0.2, 0) is 9.59 Å². The summed E-state index contributed by atoms with van der Waals surface area (Å²) < 4.78 is 0.543. The van der Waals surface area contributed by atoms with Gasteiger partial charge in [-0.2, -0.15) is 0 Å². The van der Waals surface area contributed by atoms with Crippen molar-refractivity contribution in [3.63, 3.8) is 0 Å². The molecule has 0 radical (unpaired) electrons. The van der Waals surface area contributed by atoms with E-state index in [4.69, 9.17) is 0 Å². The van der Waals surface area contributed by atoms with Crippen molar-refractivity contribution in [3.05, 3.63) is 80.0 Å².